The smallest absolute Gasteiger partial charge is 0.255 e. The normalized spacial score (nSPS) is 21.2. The monoisotopic (exact) mass is 297 g/mol. The Hall–Kier alpha value is -1.33. The average molecular weight is 298 g/mol. The Morgan fingerprint density at radius 2 is 2.30 bits per heavy atom. The van der Waals surface area contributed by atoms with Crippen LogP contribution in [0, 0.1) is 5.92 Å². The van der Waals surface area contributed by atoms with Gasteiger partial charge in [-0.05, 0) is 31.7 Å². The molecule has 0 aromatic carbocycles. The fraction of sp³-hybridized carbons (Fsp3) is 0.571. The van der Waals surface area contributed by atoms with E-state index in [1.165, 1.54) is 6.20 Å². The first-order valence-corrected chi connectivity index (χ1v) is 7.22. The van der Waals surface area contributed by atoms with E-state index >= 15 is 0 Å². The Kier molecular flexibility index (Phi) is 4.83. The highest BCUT2D eigenvalue weighted by molar-refractivity contribution is 6.33. The van der Waals surface area contributed by atoms with Crippen LogP contribution < -0.4 is 5.32 Å². The molecule has 6 heteroatoms. The SMILES string of the molecule is CCNc1cc(C(=O)N(C)CC2CC(O)C2)c(Cl)cn1. The number of carbonyl (C=O) groups is 1. The van der Waals surface area contributed by atoms with Crippen LogP contribution in [0.5, 0.6) is 0 Å². The van der Waals surface area contributed by atoms with Crippen molar-refractivity contribution < 1.29 is 9.90 Å². The summed E-state index contributed by atoms with van der Waals surface area (Å²) in [4.78, 5) is 18.2. The van der Waals surface area contributed by atoms with Gasteiger partial charge in [-0.25, -0.2) is 4.98 Å². The maximum absolute atomic E-state index is 12.4. The summed E-state index contributed by atoms with van der Waals surface area (Å²) in [6.07, 6.45) is 2.83. The quantitative estimate of drug-likeness (QED) is 0.872. The minimum absolute atomic E-state index is 0.113. The Morgan fingerprint density at radius 1 is 1.60 bits per heavy atom. The molecule has 0 aliphatic heterocycles. The van der Waals surface area contributed by atoms with Crippen molar-refractivity contribution in [1.82, 2.24) is 9.88 Å². The van der Waals surface area contributed by atoms with E-state index in [0.717, 1.165) is 19.4 Å². The lowest BCUT2D eigenvalue weighted by Gasteiger charge is -2.34. The number of amides is 1. The number of hydrogen-bond acceptors (Lipinski definition) is 4. The number of aliphatic hydroxyl groups excluding tert-OH is 1. The van der Waals surface area contributed by atoms with E-state index in [4.69, 9.17) is 11.6 Å². The van der Waals surface area contributed by atoms with Gasteiger partial charge in [0, 0.05) is 26.3 Å². The fourth-order valence-corrected chi connectivity index (χ4v) is 2.59. The fourth-order valence-electron chi connectivity index (χ4n) is 2.41. The summed E-state index contributed by atoms with van der Waals surface area (Å²) in [6.45, 7) is 3.34. The van der Waals surface area contributed by atoms with E-state index in [1.807, 2.05) is 6.92 Å². The van der Waals surface area contributed by atoms with Crippen LogP contribution in [0.4, 0.5) is 5.82 Å². The van der Waals surface area contributed by atoms with Crippen molar-refractivity contribution >= 4 is 23.3 Å². The standard InChI is InChI=1S/C14H20ClN3O2/c1-3-16-13-6-11(12(15)7-17-13)14(20)18(2)8-9-4-10(19)5-9/h6-7,9-10,19H,3-5,8H2,1-2H3,(H,16,17). The van der Waals surface area contributed by atoms with Crippen LogP contribution in [0.3, 0.4) is 0 Å². The molecule has 0 spiro atoms. The van der Waals surface area contributed by atoms with Gasteiger partial charge in [0.1, 0.15) is 5.82 Å². The van der Waals surface area contributed by atoms with Crippen molar-refractivity contribution in [3.63, 3.8) is 0 Å². The third-order valence-corrected chi connectivity index (χ3v) is 3.83. The Labute approximate surface area is 123 Å². The van der Waals surface area contributed by atoms with E-state index in [0.29, 0.717) is 28.9 Å². The highest BCUT2D eigenvalue weighted by Gasteiger charge is 2.29. The van der Waals surface area contributed by atoms with E-state index in [9.17, 15) is 9.90 Å². The Balaban J connectivity index is 2.05. The molecule has 2 N–H and O–H groups in total. The van der Waals surface area contributed by atoms with Gasteiger partial charge in [0.05, 0.1) is 16.7 Å². The van der Waals surface area contributed by atoms with Gasteiger partial charge in [-0.2, -0.15) is 0 Å². The number of aromatic nitrogens is 1. The zero-order chi connectivity index (χ0) is 14.7. The molecular weight excluding hydrogens is 278 g/mol. The first-order valence-electron chi connectivity index (χ1n) is 6.84. The van der Waals surface area contributed by atoms with Crippen molar-refractivity contribution in [2.45, 2.75) is 25.9 Å². The molecule has 0 radical (unpaired) electrons. The van der Waals surface area contributed by atoms with Crippen LogP contribution in [0.25, 0.3) is 0 Å². The molecule has 2 rings (SSSR count). The number of anilines is 1. The number of carbonyl (C=O) groups excluding carboxylic acids is 1. The Bertz CT molecular complexity index is 489. The van der Waals surface area contributed by atoms with Gasteiger partial charge in [0.2, 0.25) is 0 Å². The number of pyridine rings is 1. The zero-order valence-corrected chi connectivity index (χ0v) is 12.5. The van der Waals surface area contributed by atoms with Crippen molar-refractivity contribution in [3.8, 4) is 0 Å². The van der Waals surface area contributed by atoms with Crippen LogP contribution in [0.2, 0.25) is 5.02 Å². The summed E-state index contributed by atoms with van der Waals surface area (Å²) < 4.78 is 0. The Morgan fingerprint density at radius 3 is 2.90 bits per heavy atom. The number of hydrogen-bond donors (Lipinski definition) is 2. The molecule has 1 aromatic heterocycles. The van der Waals surface area contributed by atoms with Crippen LogP contribution in [0.1, 0.15) is 30.1 Å². The van der Waals surface area contributed by atoms with Crippen molar-refractivity contribution in [3.05, 3.63) is 22.8 Å². The molecule has 1 aromatic rings. The lowest BCUT2D eigenvalue weighted by atomic mass is 9.82. The van der Waals surface area contributed by atoms with Gasteiger partial charge >= 0.3 is 0 Å². The highest BCUT2D eigenvalue weighted by atomic mass is 35.5. The van der Waals surface area contributed by atoms with Gasteiger partial charge in [-0.3, -0.25) is 4.79 Å². The number of nitrogens with one attached hydrogen (secondary N) is 1. The lowest BCUT2D eigenvalue weighted by molar-refractivity contribution is 0.0265. The molecule has 110 valence electrons. The van der Waals surface area contributed by atoms with Crippen LogP contribution in [-0.2, 0) is 0 Å². The van der Waals surface area contributed by atoms with Gasteiger partial charge in [-0.1, -0.05) is 11.6 Å². The summed E-state index contributed by atoms with van der Waals surface area (Å²) in [5.74, 6) is 0.915. The van der Waals surface area contributed by atoms with Crippen molar-refractivity contribution in [2.75, 3.05) is 25.5 Å². The molecule has 0 unspecified atom stereocenters. The molecule has 1 fully saturated rings. The molecule has 1 aliphatic carbocycles. The minimum atomic E-state index is -0.201. The molecule has 0 bridgehead atoms. The predicted molar refractivity (Wildman–Crippen MR) is 79.1 cm³/mol. The summed E-state index contributed by atoms with van der Waals surface area (Å²) in [6, 6.07) is 1.68. The molecular formula is C14H20ClN3O2. The molecule has 1 aliphatic rings. The molecule has 0 atom stereocenters. The van der Waals surface area contributed by atoms with E-state index in [-0.39, 0.29) is 12.0 Å². The van der Waals surface area contributed by atoms with E-state index < -0.39 is 0 Å². The van der Waals surface area contributed by atoms with E-state index in [1.54, 1.807) is 18.0 Å². The number of nitrogens with zero attached hydrogens (tertiary/aromatic N) is 2. The van der Waals surface area contributed by atoms with Gasteiger partial charge < -0.3 is 15.3 Å². The van der Waals surface area contributed by atoms with Gasteiger partial charge in [-0.15, -0.1) is 0 Å². The first kappa shape index (κ1) is 15.1. The number of rotatable bonds is 5. The highest BCUT2D eigenvalue weighted by Crippen LogP contribution is 2.28. The van der Waals surface area contributed by atoms with Gasteiger partial charge in [0.25, 0.3) is 5.91 Å². The second-order valence-electron chi connectivity index (χ2n) is 5.26. The first-order chi connectivity index (χ1) is 9.51. The van der Waals surface area contributed by atoms with Crippen LogP contribution in [0.15, 0.2) is 12.3 Å². The second-order valence-corrected chi connectivity index (χ2v) is 5.66. The van der Waals surface area contributed by atoms with E-state index in [2.05, 4.69) is 10.3 Å². The molecule has 20 heavy (non-hydrogen) atoms. The zero-order valence-electron chi connectivity index (χ0n) is 11.8. The number of aliphatic hydroxyl groups is 1. The minimum Gasteiger partial charge on any atom is -0.393 e. The molecule has 1 amide bonds. The lowest BCUT2D eigenvalue weighted by Crippen LogP contribution is -2.39. The maximum atomic E-state index is 12.4. The third-order valence-electron chi connectivity index (χ3n) is 3.53. The van der Waals surface area contributed by atoms with Crippen molar-refractivity contribution in [2.24, 2.45) is 5.92 Å². The largest absolute Gasteiger partial charge is 0.393 e. The molecule has 5 nitrogen and oxygen atoms in total. The van der Waals surface area contributed by atoms with Gasteiger partial charge in [0.15, 0.2) is 0 Å². The second kappa shape index (κ2) is 6.41. The average Bonchev–Trinajstić information content (AvgIpc) is 2.38. The van der Waals surface area contributed by atoms with Crippen LogP contribution >= 0.6 is 11.6 Å². The maximum Gasteiger partial charge on any atom is 0.255 e. The molecule has 0 saturated heterocycles. The molecule has 1 heterocycles. The molecule has 1 saturated carbocycles. The summed E-state index contributed by atoms with van der Waals surface area (Å²) >= 11 is 6.07. The predicted octanol–water partition coefficient (Wildman–Crippen LogP) is 2.01. The third kappa shape index (κ3) is 3.41. The summed E-state index contributed by atoms with van der Waals surface area (Å²) in [5, 5.41) is 12.7. The topological polar surface area (TPSA) is 65.5 Å². The van der Waals surface area contributed by atoms with Crippen LogP contribution in [-0.4, -0.2) is 47.1 Å². The summed E-state index contributed by atoms with van der Waals surface area (Å²) in [7, 11) is 1.76. The summed E-state index contributed by atoms with van der Waals surface area (Å²) in [5.41, 5.74) is 0.458. The van der Waals surface area contributed by atoms with Crippen molar-refractivity contribution in [1.29, 1.82) is 0 Å². The number of halogens is 1.